The van der Waals surface area contributed by atoms with Crippen molar-refractivity contribution in [2.75, 3.05) is 12.1 Å². The number of hydrogen-bond acceptors (Lipinski definition) is 6. The van der Waals surface area contributed by atoms with Gasteiger partial charge in [0.2, 0.25) is 12.7 Å². The Hall–Kier alpha value is -4.00. The number of benzene rings is 3. The first kappa shape index (κ1) is 18.1. The molecule has 1 amide bonds. The maximum Gasteiger partial charge on any atom is 0.255 e. The average Bonchev–Trinajstić information content (AvgIpc) is 3.40. The molecule has 1 aromatic heterocycles. The monoisotopic (exact) mass is 402 g/mol. The molecule has 0 unspecified atom stereocenters. The van der Waals surface area contributed by atoms with Crippen LogP contribution in [-0.2, 0) is 6.42 Å². The standard InChI is InChI=1S/C23H18N2O5/c1-2-13-3-7-19-17(9-13)25-23(30-19)16-11-15(5-6-18(16)26)24-22(27)14-4-8-20-21(10-14)29-12-28-20/h3-11,26H,2,12H2,1H3,(H,24,27). The number of rotatable bonds is 4. The molecule has 150 valence electrons. The Morgan fingerprint density at radius 3 is 2.80 bits per heavy atom. The van der Waals surface area contributed by atoms with Crippen LogP contribution in [0.3, 0.4) is 0 Å². The molecule has 7 heteroatoms. The lowest BCUT2D eigenvalue weighted by Crippen LogP contribution is -2.11. The second-order valence-electron chi connectivity index (χ2n) is 6.93. The summed E-state index contributed by atoms with van der Waals surface area (Å²) >= 11 is 0. The number of phenols is 1. The van der Waals surface area contributed by atoms with E-state index in [-0.39, 0.29) is 24.3 Å². The van der Waals surface area contributed by atoms with E-state index >= 15 is 0 Å². The Balaban J connectivity index is 1.44. The van der Waals surface area contributed by atoms with Crippen LogP contribution in [0.5, 0.6) is 17.2 Å². The molecule has 0 spiro atoms. The molecule has 0 saturated carbocycles. The number of amides is 1. The van der Waals surface area contributed by atoms with Gasteiger partial charge in [0, 0.05) is 11.3 Å². The summed E-state index contributed by atoms with van der Waals surface area (Å²) in [6, 6.07) is 15.5. The highest BCUT2D eigenvalue weighted by Crippen LogP contribution is 2.35. The summed E-state index contributed by atoms with van der Waals surface area (Å²) in [5.41, 5.74) is 3.84. The molecule has 0 fully saturated rings. The molecule has 0 radical (unpaired) electrons. The molecule has 0 saturated heterocycles. The molecule has 3 aromatic carbocycles. The number of aryl methyl sites for hydroxylation is 1. The smallest absolute Gasteiger partial charge is 0.255 e. The number of carbonyl (C=O) groups excluding carboxylic acids is 1. The molecule has 5 rings (SSSR count). The fourth-order valence-electron chi connectivity index (χ4n) is 3.33. The van der Waals surface area contributed by atoms with Crippen molar-refractivity contribution >= 4 is 22.7 Å². The van der Waals surface area contributed by atoms with E-state index in [1.807, 2.05) is 18.2 Å². The lowest BCUT2D eigenvalue weighted by molar-refractivity contribution is 0.102. The Bertz CT molecular complexity index is 1280. The van der Waals surface area contributed by atoms with Gasteiger partial charge >= 0.3 is 0 Å². The maximum absolute atomic E-state index is 12.6. The van der Waals surface area contributed by atoms with E-state index < -0.39 is 0 Å². The van der Waals surface area contributed by atoms with Gasteiger partial charge in [0.1, 0.15) is 11.3 Å². The summed E-state index contributed by atoms with van der Waals surface area (Å²) in [5.74, 6) is 1.14. The lowest BCUT2D eigenvalue weighted by Gasteiger charge is -2.08. The van der Waals surface area contributed by atoms with E-state index in [0.29, 0.717) is 33.9 Å². The predicted molar refractivity (Wildman–Crippen MR) is 111 cm³/mol. The fourth-order valence-corrected chi connectivity index (χ4v) is 3.33. The van der Waals surface area contributed by atoms with Crippen molar-refractivity contribution in [2.45, 2.75) is 13.3 Å². The van der Waals surface area contributed by atoms with Crippen LogP contribution in [-0.4, -0.2) is 22.8 Å². The zero-order valence-electron chi connectivity index (χ0n) is 16.1. The van der Waals surface area contributed by atoms with Gasteiger partial charge in [0.15, 0.2) is 17.1 Å². The molecule has 2 heterocycles. The van der Waals surface area contributed by atoms with Gasteiger partial charge in [-0.05, 0) is 60.5 Å². The van der Waals surface area contributed by atoms with Crippen molar-refractivity contribution in [2.24, 2.45) is 0 Å². The van der Waals surface area contributed by atoms with Crippen molar-refractivity contribution < 1.29 is 23.8 Å². The van der Waals surface area contributed by atoms with E-state index in [4.69, 9.17) is 13.9 Å². The van der Waals surface area contributed by atoms with Gasteiger partial charge in [-0.15, -0.1) is 0 Å². The van der Waals surface area contributed by atoms with Gasteiger partial charge in [-0.3, -0.25) is 4.79 Å². The van der Waals surface area contributed by atoms with Crippen molar-refractivity contribution in [1.29, 1.82) is 0 Å². The Morgan fingerprint density at radius 1 is 1.07 bits per heavy atom. The number of fused-ring (bicyclic) bond motifs is 2. The van der Waals surface area contributed by atoms with Gasteiger partial charge in [-0.2, -0.15) is 0 Å². The topological polar surface area (TPSA) is 93.8 Å². The van der Waals surface area contributed by atoms with Gasteiger partial charge in [-0.25, -0.2) is 4.98 Å². The summed E-state index contributed by atoms with van der Waals surface area (Å²) in [5, 5.41) is 13.2. The first-order valence-corrected chi connectivity index (χ1v) is 9.54. The minimum Gasteiger partial charge on any atom is -0.507 e. The van der Waals surface area contributed by atoms with Gasteiger partial charge < -0.3 is 24.3 Å². The lowest BCUT2D eigenvalue weighted by atomic mass is 10.1. The number of ether oxygens (including phenoxy) is 2. The molecule has 0 aliphatic carbocycles. The zero-order valence-corrected chi connectivity index (χ0v) is 16.1. The SMILES string of the molecule is CCc1ccc2oc(-c3cc(NC(=O)c4ccc5c(c4)OCO5)ccc3O)nc2c1. The number of hydrogen-bond donors (Lipinski definition) is 2. The molecule has 2 N–H and O–H groups in total. The van der Waals surface area contributed by atoms with Crippen LogP contribution in [0, 0.1) is 0 Å². The second-order valence-corrected chi connectivity index (χ2v) is 6.93. The van der Waals surface area contributed by atoms with Crippen LogP contribution in [0.1, 0.15) is 22.8 Å². The Labute approximate surface area is 171 Å². The Morgan fingerprint density at radius 2 is 1.93 bits per heavy atom. The highest BCUT2D eigenvalue weighted by molar-refractivity contribution is 6.05. The van der Waals surface area contributed by atoms with Crippen LogP contribution in [0.25, 0.3) is 22.6 Å². The number of aromatic nitrogens is 1. The van der Waals surface area contributed by atoms with Crippen molar-refractivity contribution in [1.82, 2.24) is 4.98 Å². The number of anilines is 1. The van der Waals surface area contributed by atoms with E-state index in [0.717, 1.165) is 17.5 Å². The fraction of sp³-hybridized carbons (Fsp3) is 0.130. The van der Waals surface area contributed by atoms with Crippen LogP contribution in [0.2, 0.25) is 0 Å². The van der Waals surface area contributed by atoms with Gasteiger partial charge in [0.25, 0.3) is 5.91 Å². The first-order chi connectivity index (χ1) is 14.6. The van der Waals surface area contributed by atoms with Crippen LogP contribution < -0.4 is 14.8 Å². The Kier molecular flexibility index (Phi) is 4.28. The number of carbonyl (C=O) groups is 1. The van der Waals surface area contributed by atoms with Gasteiger partial charge in [0.05, 0.1) is 5.56 Å². The zero-order chi connectivity index (χ0) is 20.7. The molecule has 4 aromatic rings. The van der Waals surface area contributed by atoms with Crippen LogP contribution in [0.4, 0.5) is 5.69 Å². The van der Waals surface area contributed by atoms with E-state index in [1.54, 1.807) is 30.3 Å². The summed E-state index contributed by atoms with van der Waals surface area (Å²) in [6.07, 6.45) is 0.894. The first-order valence-electron chi connectivity index (χ1n) is 9.54. The summed E-state index contributed by atoms with van der Waals surface area (Å²) in [4.78, 5) is 17.1. The number of nitrogens with one attached hydrogen (secondary N) is 1. The minimum atomic E-state index is -0.310. The minimum absolute atomic E-state index is 0.0124. The second kappa shape index (κ2) is 7.11. The highest BCUT2D eigenvalue weighted by atomic mass is 16.7. The molecular formula is C23H18N2O5. The number of aromatic hydroxyl groups is 1. The highest BCUT2D eigenvalue weighted by Gasteiger charge is 2.18. The van der Waals surface area contributed by atoms with E-state index in [9.17, 15) is 9.90 Å². The molecule has 1 aliphatic heterocycles. The van der Waals surface area contributed by atoms with E-state index in [1.165, 1.54) is 6.07 Å². The quantitative estimate of drug-likeness (QED) is 0.479. The molecule has 7 nitrogen and oxygen atoms in total. The van der Waals surface area contributed by atoms with Gasteiger partial charge in [-0.1, -0.05) is 13.0 Å². The molecule has 0 bridgehead atoms. The summed E-state index contributed by atoms with van der Waals surface area (Å²) in [7, 11) is 0. The largest absolute Gasteiger partial charge is 0.507 e. The van der Waals surface area contributed by atoms with Crippen molar-refractivity contribution in [3.63, 3.8) is 0 Å². The van der Waals surface area contributed by atoms with Crippen LogP contribution in [0.15, 0.2) is 59.0 Å². The number of oxazole rings is 1. The average molecular weight is 402 g/mol. The molecule has 1 aliphatic rings. The number of nitrogens with zero attached hydrogens (tertiary/aromatic N) is 1. The van der Waals surface area contributed by atoms with E-state index in [2.05, 4.69) is 17.2 Å². The summed E-state index contributed by atoms with van der Waals surface area (Å²) < 4.78 is 16.4. The third kappa shape index (κ3) is 3.20. The third-order valence-electron chi connectivity index (χ3n) is 4.98. The molecule has 0 atom stereocenters. The van der Waals surface area contributed by atoms with Crippen molar-refractivity contribution in [3.05, 3.63) is 65.7 Å². The molecule has 30 heavy (non-hydrogen) atoms. The maximum atomic E-state index is 12.6. The number of phenolic OH excluding ortho intramolecular Hbond substituents is 1. The van der Waals surface area contributed by atoms with Crippen LogP contribution >= 0.6 is 0 Å². The predicted octanol–water partition coefficient (Wildman–Crippen LogP) is 4.74. The van der Waals surface area contributed by atoms with Crippen molar-refractivity contribution in [3.8, 4) is 28.7 Å². The summed E-state index contributed by atoms with van der Waals surface area (Å²) in [6.45, 7) is 2.21. The third-order valence-corrected chi connectivity index (χ3v) is 4.98. The normalized spacial score (nSPS) is 12.3. The molecular weight excluding hydrogens is 384 g/mol.